The SMILES string of the molecule is [B]C(CNC(=O)OC([B])([B])B(C12[B]B1[B]2)C12[B]B1[B]2)CNC(=O)OC([B])([B])B(C12[B]B1[B]2)C12[B]B1[B]2. The minimum absolute atomic E-state index is 0.0281. The number of nitrogens with one attached hydrogen (secondary N) is 2. The van der Waals surface area contributed by atoms with Gasteiger partial charge in [-0.15, -0.1) is 0 Å². The molecule has 8 fully saturated rings. The molecular formula is C11H7B19N2O4. The van der Waals surface area contributed by atoms with Crippen LogP contribution < -0.4 is 10.6 Å². The van der Waals surface area contributed by atoms with Gasteiger partial charge in [0.2, 0.25) is 0 Å². The molecule has 0 aromatic heterocycles. The van der Waals surface area contributed by atoms with Crippen LogP contribution in [-0.2, 0) is 9.47 Å². The van der Waals surface area contributed by atoms with Gasteiger partial charge < -0.3 is 20.1 Å². The first kappa shape index (κ1) is 23.6. The largest absolute Gasteiger partial charge is 0.471 e. The fourth-order valence-corrected chi connectivity index (χ4v) is 7.02. The standard InChI is InChI=1S/C11H7B19N2O4/c12-3(1-31-4(33)35-6(13,14)25(8-17-27(8)18-8)9-19-28(9)20-9)2-32-5(34)36-7(15,16)26(10-21-29(10)22-10)11-23-30(11)24-11/h3H,1-2H2,(H,31,33)(H,32,34). The van der Waals surface area contributed by atoms with E-state index in [1.54, 1.807) is 0 Å². The summed E-state index contributed by atoms with van der Waals surface area (Å²) in [6.45, 7) is 1.29. The van der Waals surface area contributed by atoms with E-state index < -0.39 is 28.6 Å². The average Bonchev–Trinajstić information content (AvgIpc) is 3.41. The van der Waals surface area contributed by atoms with E-state index in [-0.39, 0.29) is 46.6 Å². The summed E-state index contributed by atoms with van der Waals surface area (Å²) in [6, 6.07) is 0. The molecular weight excluding hydrogens is 430 g/mol. The number of carbonyl (C=O) groups excluding carboxylic acids is 2. The topological polar surface area (TPSA) is 76.7 Å². The summed E-state index contributed by atoms with van der Waals surface area (Å²) in [6.07, 6.45) is -1.52. The zero-order valence-corrected chi connectivity index (χ0v) is 19.6. The molecule has 25 heteroatoms. The number of rotatable bonds is 12. The van der Waals surface area contributed by atoms with Crippen molar-refractivity contribution in [2.75, 3.05) is 13.1 Å². The van der Waals surface area contributed by atoms with Gasteiger partial charge in [-0.05, 0) is 5.82 Å². The Labute approximate surface area is 226 Å². The van der Waals surface area contributed by atoms with Crippen LogP contribution in [0.4, 0.5) is 9.59 Å². The highest BCUT2D eigenvalue weighted by atomic mass is 16.6. The van der Waals surface area contributed by atoms with E-state index in [0.29, 0.717) is 26.0 Å². The molecule has 0 aliphatic carbocycles. The second-order valence-electron chi connectivity index (χ2n) is 12.3. The predicted molar refractivity (Wildman–Crippen MR) is 158 cm³/mol. The smallest absolute Gasteiger partial charge is 0.405 e. The number of hydrogen-bond donors (Lipinski definition) is 2. The van der Waals surface area contributed by atoms with Crippen molar-refractivity contribution < 1.29 is 19.1 Å². The zero-order valence-electron chi connectivity index (χ0n) is 19.6. The minimum Gasteiger partial charge on any atom is -0.471 e. The van der Waals surface area contributed by atoms with Gasteiger partial charge in [0.15, 0.2) is 0 Å². The molecule has 0 aromatic carbocycles. The summed E-state index contributed by atoms with van der Waals surface area (Å²) >= 11 is 0. The summed E-state index contributed by atoms with van der Waals surface area (Å²) < 4.78 is 10.9. The van der Waals surface area contributed by atoms with Crippen LogP contribution in [0.2, 0.25) is 25.9 Å². The van der Waals surface area contributed by atoms with Gasteiger partial charge in [0.1, 0.15) is 44.8 Å². The Kier molecular flexibility index (Phi) is 4.42. The highest BCUT2D eigenvalue weighted by Crippen LogP contribution is 2.75. The quantitative estimate of drug-likeness (QED) is 0.298. The second kappa shape index (κ2) is 6.73. The van der Waals surface area contributed by atoms with Crippen LogP contribution in [0.25, 0.3) is 0 Å². The molecule has 0 bridgehead atoms. The van der Waals surface area contributed by atoms with E-state index >= 15 is 0 Å². The number of amides is 2. The van der Waals surface area contributed by atoms with Crippen molar-refractivity contribution in [1.82, 2.24) is 10.6 Å². The molecule has 0 saturated carbocycles. The molecule has 0 unspecified atom stereocenters. The summed E-state index contributed by atoms with van der Waals surface area (Å²) in [5.74, 6) is -0.618. The fourth-order valence-electron chi connectivity index (χ4n) is 7.02. The van der Waals surface area contributed by atoms with Gasteiger partial charge in [-0.3, -0.25) is 0 Å². The number of carbonyl (C=O) groups is 2. The van der Waals surface area contributed by atoms with E-state index in [1.165, 1.54) is 0 Å². The maximum atomic E-state index is 12.5. The second-order valence-corrected chi connectivity index (χ2v) is 12.3. The van der Waals surface area contributed by atoms with Gasteiger partial charge in [0, 0.05) is 107 Å². The van der Waals surface area contributed by atoms with Crippen LogP contribution in [0.15, 0.2) is 0 Å². The molecule has 0 aromatic rings. The van der Waals surface area contributed by atoms with Gasteiger partial charge >= 0.3 is 12.2 Å². The predicted octanol–water partition coefficient (Wildman–Crippen LogP) is -7.08. The normalized spacial score (nSPS) is 25.6. The molecule has 0 atom stereocenters. The Hall–Kier alpha value is -0.226. The van der Waals surface area contributed by atoms with Crippen molar-refractivity contribution in [3.8, 4) is 0 Å². The van der Waals surface area contributed by atoms with Gasteiger partial charge in [0.25, 0.3) is 0 Å². The van der Waals surface area contributed by atoms with Crippen LogP contribution >= 0.6 is 0 Å². The van der Waals surface area contributed by atoms with E-state index in [9.17, 15) is 9.59 Å². The van der Waals surface area contributed by atoms with Crippen LogP contribution in [-0.4, -0.2) is 172 Å². The van der Waals surface area contributed by atoms with Crippen LogP contribution in [0.5, 0.6) is 0 Å². The van der Waals surface area contributed by atoms with Crippen molar-refractivity contribution in [3.63, 3.8) is 0 Å². The fraction of sp³-hybridized carbons (Fsp3) is 0.818. The number of hydrogen-bond acceptors (Lipinski definition) is 4. The third kappa shape index (κ3) is 3.37. The maximum Gasteiger partial charge on any atom is 0.405 e. The molecule has 8 aliphatic heterocycles. The molecule has 2 amide bonds. The molecule has 6 nitrogen and oxygen atoms in total. The van der Waals surface area contributed by atoms with E-state index in [0.717, 1.165) is 0 Å². The molecule has 2 N–H and O–H groups in total. The highest BCUT2D eigenvalue weighted by molar-refractivity contribution is 7.90. The summed E-state index contributed by atoms with van der Waals surface area (Å²) in [5, 5.41) is 1.44. The van der Waals surface area contributed by atoms with Crippen molar-refractivity contribution in [1.29, 1.82) is 0 Å². The Morgan fingerprint density at radius 3 is 1.17 bits per heavy atom. The number of alkyl carbamates (subject to hydrolysis) is 2. The molecule has 0 spiro atoms. The number of fused-ring (bicyclic) bond motifs is 4. The molecule has 8 heterocycles. The lowest BCUT2D eigenvalue weighted by atomic mass is 9.07. The lowest BCUT2D eigenvalue weighted by Gasteiger charge is -2.40. The Bertz CT molecular complexity index is 938. The maximum absolute atomic E-state index is 12.5. The van der Waals surface area contributed by atoms with E-state index in [2.05, 4.69) is 68.0 Å². The third-order valence-electron chi connectivity index (χ3n) is 9.64. The Morgan fingerprint density at radius 2 is 0.944 bits per heavy atom. The highest BCUT2D eigenvalue weighted by Gasteiger charge is 2.88. The summed E-state index contributed by atoms with van der Waals surface area (Å²) in [7, 11) is 48.8. The van der Waals surface area contributed by atoms with Gasteiger partial charge in [-0.2, -0.15) is 20.0 Å². The van der Waals surface area contributed by atoms with Crippen molar-refractivity contribution in [3.05, 3.63) is 0 Å². The number of ether oxygens (including phenoxy) is 2. The van der Waals surface area contributed by atoms with E-state index in [1.807, 2.05) is 0 Å². The average molecular weight is 437 g/mol. The lowest BCUT2D eigenvalue weighted by Crippen LogP contribution is -2.57. The van der Waals surface area contributed by atoms with Crippen LogP contribution in [0.1, 0.15) is 0 Å². The van der Waals surface area contributed by atoms with E-state index in [4.69, 9.17) is 48.7 Å². The summed E-state index contributed by atoms with van der Waals surface area (Å²) in [5.41, 5.74) is 0. The third-order valence-corrected chi connectivity index (χ3v) is 9.64. The van der Waals surface area contributed by atoms with Crippen molar-refractivity contribution in [2.45, 2.75) is 36.5 Å². The monoisotopic (exact) mass is 440 g/mol. The first-order chi connectivity index (χ1) is 16.9. The lowest BCUT2D eigenvalue weighted by molar-refractivity contribution is 0.139. The van der Waals surface area contributed by atoms with Crippen molar-refractivity contribution in [2.24, 2.45) is 0 Å². The Morgan fingerprint density at radius 1 is 0.694 bits per heavy atom. The van der Waals surface area contributed by atoms with Crippen molar-refractivity contribution >= 4 is 148 Å². The minimum atomic E-state index is -1.62. The first-order valence-electron chi connectivity index (χ1n) is 12.6. The van der Waals surface area contributed by atoms with Gasteiger partial charge in [0.05, 0.1) is 7.85 Å². The summed E-state index contributed by atoms with van der Waals surface area (Å²) in [4.78, 5) is 24.9. The molecule has 8 saturated heterocycles. The van der Waals surface area contributed by atoms with Crippen LogP contribution in [0.3, 0.4) is 0 Å². The van der Waals surface area contributed by atoms with Gasteiger partial charge in [-0.25, -0.2) is 9.59 Å². The zero-order chi connectivity index (χ0) is 25.1. The van der Waals surface area contributed by atoms with Gasteiger partial charge in [-0.1, -0.05) is 0 Å². The molecule has 8 rings (SSSR count). The Balaban J connectivity index is 0.802. The molecule has 18 radical (unpaired) electrons. The molecule has 142 valence electrons. The molecule has 8 aliphatic rings. The first-order valence-corrected chi connectivity index (χ1v) is 12.6. The molecule has 36 heavy (non-hydrogen) atoms. The van der Waals surface area contributed by atoms with Crippen LogP contribution in [0, 0.1) is 0 Å².